The van der Waals surface area contributed by atoms with Gasteiger partial charge < -0.3 is 10.1 Å². The van der Waals surface area contributed by atoms with Crippen LogP contribution in [0.1, 0.15) is 12.5 Å². The van der Waals surface area contributed by atoms with Gasteiger partial charge in [-0.15, -0.1) is 0 Å². The van der Waals surface area contributed by atoms with Crippen LogP contribution in [0.15, 0.2) is 72.4 Å². The zero-order valence-corrected chi connectivity index (χ0v) is 16.1. The molecular formula is C21H19ClN2O4. The minimum absolute atomic E-state index is 0.149. The van der Waals surface area contributed by atoms with Gasteiger partial charge in [0.15, 0.2) is 0 Å². The number of carbonyl (C=O) groups excluding carboxylic acids is 1. The first kappa shape index (κ1) is 19.6. The third-order valence-electron chi connectivity index (χ3n) is 4.81. The number of benzene rings is 2. The summed E-state index contributed by atoms with van der Waals surface area (Å²) in [5.41, 5.74) is 0.299. The highest BCUT2D eigenvalue weighted by atomic mass is 35.5. The minimum Gasteiger partial charge on any atom is -0.468 e. The number of esters is 1. The third kappa shape index (κ3) is 3.64. The maximum Gasteiger partial charge on any atom is 0.315 e. The van der Waals surface area contributed by atoms with Crippen LogP contribution in [-0.2, 0) is 9.53 Å². The Bertz CT molecular complexity index is 971. The van der Waals surface area contributed by atoms with E-state index in [2.05, 4.69) is 5.32 Å². The number of nitro groups is 1. The molecule has 2 atom stereocenters. The molecular weight excluding hydrogens is 380 g/mol. The Balaban J connectivity index is 2.16. The molecule has 0 radical (unpaired) electrons. The van der Waals surface area contributed by atoms with E-state index < -0.39 is 22.3 Å². The van der Waals surface area contributed by atoms with E-state index in [9.17, 15) is 14.9 Å². The predicted octanol–water partition coefficient (Wildman–Crippen LogP) is 4.56. The lowest BCUT2D eigenvalue weighted by atomic mass is 9.76. The van der Waals surface area contributed by atoms with Crippen molar-refractivity contribution in [2.45, 2.75) is 12.5 Å². The first-order valence-electron chi connectivity index (χ1n) is 8.61. The lowest BCUT2D eigenvalue weighted by Gasteiger charge is -2.36. The molecule has 2 unspecified atom stereocenters. The van der Waals surface area contributed by atoms with Crippen molar-refractivity contribution in [3.63, 3.8) is 0 Å². The van der Waals surface area contributed by atoms with Crippen molar-refractivity contribution in [2.24, 2.45) is 5.92 Å². The second kappa shape index (κ2) is 7.86. The number of anilines is 1. The van der Waals surface area contributed by atoms with Crippen molar-refractivity contribution in [1.29, 1.82) is 0 Å². The quantitative estimate of drug-likeness (QED) is 0.453. The van der Waals surface area contributed by atoms with Crippen molar-refractivity contribution < 1.29 is 14.5 Å². The molecule has 2 aromatic carbocycles. The number of allylic oxidation sites excluding steroid dienone is 2. The van der Waals surface area contributed by atoms with E-state index in [1.807, 2.05) is 18.2 Å². The molecule has 0 heterocycles. The summed E-state index contributed by atoms with van der Waals surface area (Å²) in [6, 6.07) is 16.0. The van der Waals surface area contributed by atoms with E-state index in [-0.39, 0.29) is 5.70 Å². The van der Waals surface area contributed by atoms with Gasteiger partial charge in [-0.1, -0.05) is 54.1 Å². The van der Waals surface area contributed by atoms with Crippen molar-refractivity contribution in [2.75, 3.05) is 12.4 Å². The van der Waals surface area contributed by atoms with Crippen LogP contribution in [0.5, 0.6) is 0 Å². The highest BCUT2D eigenvalue weighted by Gasteiger charge is 2.50. The molecule has 1 N–H and O–H groups in total. The molecule has 0 aromatic heterocycles. The number of ether oxygens (including phenoxy) is 1. The van der Waals surface area contributed by atoms with Gasteiger partial charge in [0.05, 0.1) is 12.0 Å². The van der Waals surface area contributed by atoms with Crippen LogP contribution in [0.2, 0.25) is 5.02 Å². The summed E-state index contributed by atoms with van der Waals surface area (Å²) in [4.78, 5) is 24.1. The highest BCUT2D eigenvalue weighted by molar-refractivity contribution is 6.32. The van der Waals surface area contributed by atoms with Crippen molar-refractivity contribution in [1.82, 2.24) is 0 Å². The summed E-state index contributed by atoms with van der Waals surface area (Å²) in [6.07, 6.45) is 3.12. The second-order valence-electron chi connectivity index (χ2n) is 6.58. The van der Waals surface area contributed by atoms with Gasteiger partial charge in [0.2, 0.25) is 0 Å². The summed E-state index contributed by atoms with van der Waals surface area (Å²) >= 11 is 6.28. The molecule has 3 rings (SSSR count). The van der Waals surface area contributed by atoms with Gasteiger partial charge in [-0.25, -0.2) is 0 Å². The molecule has 0 saturated carbocycles. The lowest BCUT2D eigenvalue weighted by molar-refractivity contribution is -0.434. The predicted molar refractivity (Wildman–Crippen MR) is 108 cm³/mol. The third-order valence-corrected chi connectivity index (χ3v) is 5.14. The smallest absolute Gasteiger partial charge is 0.315 e. The molecule has 0 spiro atoms. The molecule has 0 saturated heterocycles. The average Bonchev–Trinajstić information content (AvgIpc) is 2.68. The van der Waals surface area contributed by atoms with Crippen LogP contribution in [0, 0.1) is 16.0 Å². The summed E-state index contributed by atoms with van der Waals surface area (Å²) in [6.45, 7) is 1.62. The Hall–Kier alpha value is -3.12. The molecule has 6 nitrogen and oxygen atoms in total. The van der Waals surface area contributed by atoms with Crippen LogP contribution in [0.4, 0.5) is 5.69 Å². The minimum atomic E-state index is -1.32. The van der Waals surface area contributed by atoms with Gasteiger partial charge in [-0.2, -0.15) is 0 Å². The SMILES string of the molecule is COC(=O)C1C=C(c2ccccc2Cl)C=C([N+](=O)[O-])C1(C)Nc1ccccc1. The van der Waals surface area contributed by atoms with E-state index in [0.717, 1.165) is 0 Å². The fourth-order valence-corrected chi connectivity index (χ4v) is 3.59. The van der Waals surface area contributed by atoms with Crippen LogP contribution in [0.25, 0.3) is 5.57 Å². The number of hydrogen-bond acceptors (Lipinski definition) is 5. The maximum absolute atomic E-state index is 12.6. The number of para-hydroxylation sites is 1. The normalized spacial score (nSPS) is 21.3. The summed E-state index contributed by atoms with van der Waals surface area (Å²) in [5.74, 6) is -1.52. The fraction of sp³-hybridized carbons (Fsp3) is 0.190. The summed E-state index contributed by atoms with van der Waals surface area (Å²) in [5, 5.41) is 15.6. The maximum atomic E-state index is 12.6. The van der Waals surface area contributed by atoms with Gasteiger partial charge in [-0.3, -0.25) is 14.9 Å². The van der Waals surface area contributed by atoms with Gasteiger partial charge in [-0.05, 0) is 30.7 Å². The van der Waals surface area contributed by atoms with Crippen molar-refractivity contribution in [3.8, 4) is 0 Å². The van der Waals surface area contributed by atoms with Crippen molar-refractivity contribution >= 4 is 28.8 Å². The first-order chi connectivity index (χ1) is 13.4. The molecule has 28 heavy (non-hydrogen) atoms. The van der Waals surface area contributed by atoms with E-state index in [1.165, 1.54) is 13.2 Å². The Kier molecular flexibility index (Phi) is 5.51. The molecule has 1 aliphatic rings. The Morgan fingerprint density at radius 2 is 1.82 bits per heavy atom. The molecule has 0 aliphatic heterocycles. The van der Waals surface area contributed by atoms with Crippen LogP contribution in [0.3, 0.4) is 0 Å². The number of hydrogen-bond donors (Lipinski definition) is 1. The van der Waals surface area contributed by atoms with Crippen molar-refractivity contribution in [3.05, 3.63) is 93.1 Å². The largest absolute Gasteiger partial charge is 0.468 e. The fourth-order valence-electron chi connectivity index (χ4n) is 3.35. The molecule has 2 aromatic rings. The van der Waals surface area contributed by atoms with E-state index in [1.54, 1.807) is 49.4 Å². The Labute approximate surface area is 167 Å². The van der Waals surface area contributed by atoms with Gasteiger partial charge in [0.1, 0.15) is 11.5 Å². The van der Waals surface area contributed by atoms with Crippen LogP contribution >= 0.6 is 11.6 Å². The molecule has 7 heteroatoms. The summed E-state index contributed by atoms with van der Waals surface area (Å²) in [7, 11) is 1.26. The van der Waals surface area contributed by atoms with E-state index in [0.29, 0.717) is 21.8 Å². The van der Waals surface area contributed by atoms with E-state index in [4.69, 9.17) is 16.3 Å². The standard InChI is InChI=1S/C21H19ClN2O4/c1-21(23-15-8-4-3-5-9-15)17(20(25)28-2)12-14(13-19(21)24(26)27)16-10-6-7-11-18(16)22/h3-13,17,23H,1-2H3. The Morgan fingerprint density at radius 3 is 2.43 bits per heavy atom. The van der Waals surface area contributed by atoms with Gasteiger partial charge in [0.25, 0.3) is 5.70 Å². The highest BCUT2D eigenvalue weighted by Crippen LogP contribution is 2.41. The first-order valence-corrected chi connectivity index (χ1v) is 8.99. The zero-order chi connectivity index (χ0) is 20.3. The molecule has 0 bridgehead atoms. The topological polar surface area (TPSA) is 81.5 Å². The monoisotopic (exact) mass is 398 g/mol. The number of rotatable bonds is 5. The van der Waals surface area contributed by atoms with E-state index >= 15 is 0 Å². The molecule has 1 aliphatic carbocycles. The van der Waals surface area contributed by atoms with Crippen LogP contribution in [-0.4, -0.2) is 23.5 Å². The Morgan fingerprint density at radius 1 is 1.18 bits per heavy atom. The summed E-state index contributed by atoms with van der Waals surface area (Å²) < 4.78 is 4.96. The molecule has 0 amide bonds. The molecule has 0 fully saturated rings. The van der Waals surface area contributed by atoms with Gasteiger partial charge >= 0.3 is 5.97 Å². The number of nitrogens with one attached hydrogen (secondary N) is 1. The zero-order valence-electron chi connectivity index (χ0n) is 15.4. The number of carbonyl (C=O) groups is 1. The second-order valence-corrected chi connectivity index (χ2v) is 6.99. The number of nitrogens with zero attached hydrogens (tertiary/aromatic N) is 1. The van der Waals surface area contributed by atoms with Gasteiger partial charge in [0, 0.05) is 22.3 Å². The average molecular weight is 399 g/mol. The number of halogens is 1. The number of methoxy groups -OCH3 is 1. The lowest BCUT2D eigenvalue weighted by Crippen LogP contribution is -2.51. The molecule has 144 valence electrons. The van der Waals surface area contributed by atoms with Crippen LogP contribution < -0.4 is 5.32 Å².